The lowest BCUT2D eigenvalue weighted by Crippen LogP contribution is -2.17. The van der Waals surface area contributed by atoms with Crippen molar-refractivity contribution in [1.29, 1.82) is 0 Å². The van der Waals surface area contributed by atoms with Crippen molar-refractivity contribution in [3.63, 3.8) is 0 Å². The molecule has 0 aliphatic carbocycles. The van der Waals surface area contributed by atoms with E-state index in [4.69, 9.17) is 9.84 Å². The van der Waals surface area contributed by atoms with E-state index in [1.807, 2.05) is 0 Å². The predicted molar refractivity (Wildman–Crippen MR) is 144 cm³/mol. The number of unbranched alkanes of at least 4 members (excludes halogenated alkanes) is 19. The van der Waals surface area contributed by atoms with Gasteiger partial charge in [0.2, 0.25) is 0 Å². The molecule has 0 aromatic carbocycles. The molecule has 4 nitrogen and oxygen atoms in total. The summed E-state index contributed by atoms with van der Waals surface area (Å²) in [4.78, 5) is 22.6. The molecule has 0 saturated carbocycles. The lowest BCUT2D eigenvalue weighted by Gasteiger charge is -2.17. The average Bonchev–Trinajstić information content (AvgIpc) is 2.82. The summed E-state index contributed by atoms with van der Waals surface area (Å²) < 4.78 is 5.59. The maximum atomic E-state index is 12.0. The van der Waals surface area contributed by atoms with Gasteiger partial charge in [0.1, 0.15) is 6.10 Å². The number of carbonyl (C=O) groups excluding carboxylic acids is 1. The predicted octanol–water partition coefficient (Wildman–Crippen LogP) is 9.55. The van der Waals surface area contributed by atoms with Crippen molar-refractivity contribution in [2.45, 2.75) is 168 Å². The summed E-state index contributed by atoms with van der Waals surface area (Å²) in [6, 6.07) is 0. The zero-order valence-electron chi connectivity index (χ0n) is 22.7. The van der Waals surface area contributed by atoms with Crippen LogP contribution in [0.4, 0.5) is 0 Å². The number of hydrogen-bond acceptors (Lipinski definition) is 3. The van der Waals surface area contributed by atoms with E-state index in [9.17, 15) is 9.59 Å². The molecular formula is C30H56O4. The quantitative estimate of drug-likeness (QED) is 0.0760. The monoisotopic (exact) mass is 480 g/mol. The zero-order valence-corrected chi connectivity index (χ0v) is 22.7. The van der Waals surface area contributed by atoms with Gasteiger partial charge in [-0.1, -0.05) is 136 Å². The lowest BCUT2D eigenvalue weighted by atomic mass is 10.0. The molecule has 0 saturated heterocycles. The van der Waals surface area contributed by atoms with Gasteiger partial charge in [-0.3, -0.25) is 0 Å². The van der Waals surface area contributed by atoms with Crippen LogP contribution in [0.25, 0.3) is 0 Å². The molecule has 0 rings (SSSR count). The summed E-state index contributed by atoms with van der Waals surface area (Å²) in [6.07, 6.45) is 30.9. The third-order valence-electron chi connectivity index (χ3n) is 6.65. The standard InChI is InChI=1S/C30H56O4/c1-3-5-7-9-11-13-15-17-19-21-23-25-28(34-30(33)27-26-29(31)32)24-22-20-18-16-14-12-10-8-6-4-2/h26-28H,3-25H2,1-2H3,(H,31,32)/b27-26+. The normalized spacial score (nSPS) is 12.3. The number of carbonyl (C=O) groups is 2. The molecule has 0 amide bonds. The van der Waals surface area contributed by atoms with Crippen LogP contribution in [-0.4, -0.2) is 23.1 Å². The number of carboxylic acid groups (broad SMARTS) is 1. The van der Waals surface area contributed by atoms with Gasteiger partial charge in [-0.15, -0.1) is 0 Å². The molecule has 0 fully saturated rings. The second kappa shape index (κ2) is 26.3. The molecule has 0 bridgehead atoms. The van der Waals surface area contributed by atoms with Crippen LogP contribution in [0.5, 0.6) is 0 Å². The topological polar surface area (TPSA) is 63.6 Å². The molecule has 0 aliphatic heterocycles. The third-order valence-corrected chi connectivity index (χ3v) is 6.65. The molecule has 0 aromatic heterocycles. The first-order valence-corrected chi connectivity index (χ1v) is 14.7. The third kappa shape index (κ3) is 25.3. The molecule has 0 radical (unpaired) electrons. The summed E-state index contributed by atoms with van der Waals surface area (Å²) in [5.41, 5.74) is 0. The Hall–Kier alpha value is -1.32. The summed E-state index contributed by atoms with van der Waals surface area (Å²) in [7, 11) is 0. The Morgan fingerprint density at radius 3 is 1.21 bits per heavy atom. The van der Waals surface area contributed by atoms with E-state index in [1.54, 1.807) is 0 Å². The first-order chi connectivity index (χ1) is 16.6. The Bertz CT molecular complexity index is 486. The van der Waals surface area contributed by atoms with Crippen LogP contribution in [0, 0.1) is 0 Å². The number of aliphatic carboxylic acids is 1. The Kier molecular flexibility index (Phi) is 25.3. The Balaban J connectivity index is 3.98. The molecule has 0 aromatic rings. The molecule has 0 heterocycles. The van der Waals surface area contributed by atoms with Crippen molar-refractivity contribution in [2.75, 3.05) is 0 Å². The molecule has 200 valence electrons. The van der Waals surface area contributed by atoms with E-state index in [2.05, 4.69) is 13.8 Å². The van der Waals surface area contributed by atoms with Crippen LogP contribution in [-0.2, 0) is 14.3 Å². The Morgan fingerprint density at radius 2 is 0.882 bits per heavy atom. The van der Waals surface area contributed by atoms with Crippen molar-refractivity contribution >= 4 is 11.9 Å². The summed E-state index contributed by atoms with van der Waals surface area (Å²) in [6.45, 7) is 4.51. The van der Waals surface area contributed by atoms with Crippen molar-refractivity contribution in [1.82, 2.24) is 0 Å². The number of rotatable bonds is 26. The van der Waals surface area contributed by atoms with Gasteiger partial charge in [-0.25, -0.2) is 9.59 Å². The fraction of sp³-hybridized carbons (Fsp3) is 0.867. The largest absolute Gasteiger partial charge is 0.478 e. The van der Waals surface area contributed by atoms with Gasteiger partial charge in [0.05, 0.1) is 0 Å². The molecule has 1 N–H and O–H groups in total. The second-order valence-electron chi connectivity index (χ2n) is 10.0. The SMILES string of the molecule is CCCCCCCCCCCCCC(CCCCCCCCCCCC)OC(=O)/C=C/C(=O)O. The Labute approximate surface area is 211 Å². The number of carboxylic acids is 1. The number of ether oxygens (including phenoxy) is 1. The fourth-order valence-corrected chi connectivity index (χ4v) is 4.50. The molecule has 1 unspecified atom stereocenters. The van der Waals surface area contributed by atoms with Gasteiger partial charge < -0.3 is 9.84 Å². The maximum Gasteiger partial charge on any atom is 0.331 e. The van der Waals surface area contributed by atoms with E-state index in [0.717, 1.165) is 37.8 Å². The summed E-state index contributed by atoms with van der Waals surface area (Å²) in [5, 5.41) is 8.72. The van der Waals surface area contributed by atoms with E-state index in [-0.39, 0.29) is 6.10 Å². The van der Waals surface area contributed by atoms with Gasteiger partial charge >= 0.3 is 11.9 Å². The van der Waals surface area contributed by atoms with Crippen molar-refractivity contribution in [3.8, 4) is 0 Å². The van der Waals surface area contributed by atoms with E-state index in [0.29, 0.717) is 0 Å². The molecule has 34 heavy (non-hydrogen) atoms. The molecular weight excluding hydrogens is 424 g/mol. The van der Waals surface area contributed by atoms with Crippen LogP contribution in [0.1, 0.15) is 162 Å². The molecule has 4 heteroatoms. The van der Waals surface area contributed by atoms with E-state index < -0.39 is 11.9 Å². The molecule has 0 spiro atoms. The van der Waals surface area contributed by atoms with Crippen LogP contribution in [0.3, 0.4) is 0 Å². The van der Waals surface area contributed by atoms with Gasteiger partial charge in [-0.05, 0) is 25.7 Å². The smallest absolute Gasteiger partial charge is 0.331 e. The van der Waals surface area contributed by atoms with Crippen molar-refractivity contribution in [3.05, 3.63) is 12.2 Å². The number of hydrogen-bond donors (Lipinski definition) is 1. The van der Waals surface area contributed by atoms with Gasteiger partial charge in [-0.2, -0.15) is 0 Å². The first kappa shape index (κ1) is 32.7. The van der Waals surface area contributed by atoms with Gasteiger partial charge in [0.15, 0.2) is 0 Å². The minimum Gasteiger partial charge on any atom is -0.478 e. The highest BCUT2D eigenvalue weighted by atomic mass is 16.5. The Morgan fingerprint density at radius 1 is 0.559 bits per heavy atom. The van der Waals surface area contributed by atoms with Crippen LogP contribution < -0.4 is 0 Å². The molecule has 0 aliphatic rings. The van der Waals surface area contributed by atoms with Crippen LogP contribution in [0.2, 0.25) is 0 Å². The summed E-state index contributed by atoms with van der Waals surface area (Å²) in [5.74, 6) is -1.64. The fourth-order valence-electron chi connectivity index (χ4n) is 4.50. The van der Waals surface area contributed by atoms with Crippen molar-refractivity contribution in [2.24, 2.45) is 0 Å². The van der Waals surface area contributed by atoms with Gasteiger partial charge in [0, 0.05) is 12.2 Å². The lowest BCUT2D eigenvalue weighted by molar-refractivity contribution is -0.144. The van der Waals surface area contributed by atoms with Crippen LogP contribution >= 0.6 is 0 Å². The number of esters is 1. The maximum absolute atomic E-state index is 12.0. The zero-order chi connectivity index (χ0) is 25.1. The van der Waals surface area contributed by atoms with E-state index in [1.165, 1.54) is 122 Å². The first-order valence-electron chi connectivity index (χ1n) is 14.7. The highest BCUT2D eigenvalue weighted by Crippen LogP contribution is 2.18. The van der Waals surface area contributed by atoms with Gasteiger partial charge in [0.25, 0.3) is 0 Å². The van der Waals surface area contributed by atoms with Crippen molar-refractivity contribution < 1.29 is 19.4 Å². The molecule has 1 atom stereocenters. The minimum atomic E-state index is -1.12. The van der Waals surface area contributed by atoms with Crippen LogP contribution in [0.15, 0.2) is 12.2 Å². The van der Waals surface area contributed by atoms with E-state index >= 15 is 0 Å². The highest BCUT2D eigenvalue weighted by Gasteiger charge is 2.13. The summed E-state index contributed by atoms with van der Waals surface area (Å²) >= 11 is 0. The second-order valence-corrected chi connectivity index (χ2v) is 10.0. The highest BCUT2D eigenvalue weighted by molar-refractivity contribution is 5.90. The minimum absolute atomic E-state index is 0.0847. The average molecular weight is 481 g/mol.